The van der Waals surface area contributed by atoms with Gasteiger partial charge in [0, 0.05) is 14.9 Å². The van der Waals surface area contributed by atoms with Crippen molar-refractivity contribution in [3.05, 3.63) is 53.8 Å². The molecule has 0 aliphatic carbocycles. The molecule has 1 nitrogen and oxygen atoms in total. The molecule has 0 bridgehead atoms. The monoisotopic (exact) mass is 411 g/mol. The fraction of sp³-hybridized carbons (Fsp3) is 0.167. The summed E-state index contributed by atoms with van der Waals surface area (Å²) in [5.41, 5.74) is 0.595. The molecule has 2 rings (SSSR count). The molecule has 1 N–H and O–H groups in total. The average Bonchev–Trinajstić information content (AvgIpc) is 2.65. The van der Waals surface area contributed by atoms with E-state index in [1.807, 2.05) is 6.07 Å². The first-order valence-electron chi connectivity index (χ1n) is 5.10. The van der Waals surface area contributed by atoms with Crippen molar-refractivity contribution in [2.45, 2.75) is 6.04 Å². The maximum atomic E-state index is 13.9. The van der Waals surface area contributed by atoms with Crippen LogP contribution in [0.3, 0.4) is 0 Å². The molecule has 0 saturated heterocycles. The Balaban J connectivity index is 2.48. The van der Waals surface area contributed by atoms with E-state index in [2.05, 4.69) is 37.2 Å². The fourth-order valence-corrected chi connectivity index (χ4v) is 3.95. The number of rotatable bonds is 3. The minimum atomic E-state index is -0.238. The van der Waals surface area contributed by atoms with Crippen molar-refractivity contribution in [1.29, 1.82) is 0 Å². The normalized spacial score (nSPS) is 12.7. The van der Waals surface area contributed by atoms with Gasteiger partial charge in [-0.05, 0) is 47.2 Å². The van der Waals surface area contributed by atoms with Crippen molar-refractivity contribution in [3.8, 4) is 0 Å². The molecule has 18 heavy (non-hydrogen) atoms. The molecule has 6 heteroatoms. The van der Waals surface area contributed by atoms with Crippen LogP contribution in [0.2, 0.25) is 5.02 Å². The molecule has 0 aliphatic rings. The third-order valence-corrected chi connectivity index (χ3v) is 5.54. The van der Waals surface area contributed by atoms with E-state index in [-0.39, 0.29) is 11.9 Å². The Morgan fingerprint density at radius 3 is 2.61 bits per heavy atom. The molecule has 1 atom stereocenters. The smallest absolute Gasteiger partial charge is 0.128 e. The van der Waals surface area contributed by atoms with Gasteiger partial charge in [-0.3, -0.25) is 0 Å². The van der Waals surface area contributed by atoms with Crippen molar-refractivity contribution < 1.29 is 4.39 Å². The minimum Gasteiger partial charge on any atom is -0.309 e. The van der Waals surface area contributed by atoms with E-state index in [0.29, 0.717) is 10.6 Å². The van der Waals surface area contributed by atoms with Crippen molar-refractivity contribution in [2.75, 3.05) is 7.05 Å². The first kappa shape index (κ1) is 14.5. The molecule has 1 heterocycles. The molecule has 0 aliphatic heterocycles. The first-order chi connectivity index (χ1) is 8.52. The zero-order valence-corrected chi connectivity index (χ0v) is 14.1. The highest BCUT2D eigenvalue weighted by Crippen LogP contribution is 2.38. The van der Waals surface area contributed by atoms with Crippen LogP contribution in [0, 0.1) is 5.82 Å². The summed E-state index contributed by atoms with van der Waals surface area (Å²) < 4.78 is 15.6. The molecule has 1 unspecified atom stereocenters. The van der Waals surface area contributed by atoms with Crippen LogP contribution in [0.15, 0.2) is 32.5 Å². The Labute approximate surface area is 131 Å². The van der Waals surface area contributed by atoms with Crippen molar-refractivity contribution in [3.63, 3.8) is 0 Å². The summed E-state index contributed by atoms with van der Waals surface area (Å²) in [4.78, 5) is 0.964. The largest absolute Gasteiger partial charge is 0.309 e. The van der Waals surface area contributed by atoms with Crippen LogP contribution in [0.1, 0.15) is 16.5 Å². The van der Waals surface area contributed by atoms with Gasteiger partial charge in [0.2, 0.25) is 0 Å². The maximum Gasteiger partial charge on any atom is 0.128 e. The van der Waals surface area contributed by atoms with Crippen LogP contribution in [0.5, 0.6) is 0 Å². The molecule has 1 aromatic carbocycles. The summed E-state index contributed by atoms with van der Waals surface area (Å²) in [5, 5.41) is 3.76. The van der Waals surface area contributed by atoms with E-state index in [1.165, 1.54) is 17.4 Å². The van der Waals surface area contributed by atoms with Gasteiger partial charge in [0.05, 0.1) is 14.9 Å². The van der Waals surface area contributed by atoms with Gasteiger partial charge in [0.15, 0.2) is 0 Å². The van der Waals surface area contributed by atoms with Gasteiger partial charge in [-0.25, -0.2) is 4.39 Å². The third kappa shape index (κ3) is 2.96. The Morgan fingerprint density at radius 1 is 1.33 bits per heavy atom. The molecule has 0 saturated carbocycles. The van der Waals surface area contributed by atoms with Crippen LogP contribution >= 0.6 is 54.8 Å². The number of benzene rings is 1. The Morgan fingerprint density at radius 2 is 2.06 bits per heavy atom. The van der Waals surface area contributed by atoms with E-state index in [4.69, 9.17) is 11.6 Å². The van der Waals surface area contributed by atoms with Gasteiger partial charge < -0.3 is 5.32 Å². The number of thiophene rings is 1. The van der Waals surface area contributed by atoms with Crippen LogP contribution in [-0.4, -0.2) is 7.05 Å². The van der Waals surface area contributed by atoms with E-state index < -0.39 is 0 Å². The molecule has 96 valence electrons. The molecule has 0 radical (unpaired) electrons. The fourth-order valence-electron chi connectivity index (χ4n) is 1.69. The standard InChI is InChI=1S/C12H9Br2ClFNS/c1-17-11(10-5-8(15)12(14)18-10)7-4-6(13)2-3-9(7)16/h2-5,11,17H,1H3. The van der Waals surface area contributed by atoms with Crippen LogP contribution in [0.4, 0.5) is 4.39 Å². The van der Waals surface area contributed by atoms with Crippen molar-refractivity contribution in [2.24, 2.45) is 0 Å². The second-order valence-electron chi connectivity index (χ2n) is 3.66. The quantitative estimate of drug-likeness (QED) is 0.713. The zero-order valence-electron chi connectivity index (χ0n) is 9.31. The highest BCUT2D eigenvalue weighted by atomic mass is 79.9. The zero-order chi connectivity index (χ0) is 13.3. The summed E-state index contributed by atoms with van der Waals surface area (Å²) in [6.07, 6.45) is 0. The van der Waals surface area contributed by atoms with Gasteiger partial charge in [0.25, 0.3) is 0 Å². The van der Waals surface area contributed by atoms with Crippen LogP contribution < -0.4 is 5.32 Å². The summed E-state index contributed by atoms with van der Waals surface area (Å²) in [6.45, 7) is 0. The van der Waals surface area contributed by atoms with E-state index >= 15 is 0 Å². The summed E-state index contributed by atoms with van der Waals surface area (Å²) in [6, 6.07) is 6.54. The van der Waals surface area contributed by atoms with Gasteiger partial charge in [-0.15, -0.1) is 11.3 Å². The summed E-state index contributed by atoms with van der Waals surface area (Å²) in [5.74, 6) is -0.238. The molecule has 0 spiro atoms. The van der Waals surface area contributed by atoms with Gasteiger partial charge in [0.1, 0.15) is 5.82 Å². The lowest BCUT2D eigenvalue weighted by molar-refractivity contribution is 0.579. The van der Waals surface area contributed by atoms with Gasteiger partial charge >= 0.3 is 0 Å². The maximum absolute atomic E-state index is 13.9. The lowest BCUT2D eigenvalue weighted by Crippen LogP contribution is -2.17. The third-order valence-electron chi connectivity index (χ3n) is 2.51. The minimum absolute atomic E-state index is 0.212. The van der Waals surface area contributed by atoms with E-state index in [9.17, 15) is 4.39 Å². The number of nitrogens with one attached hydrogen (secondary N) is 1. The molecule has 1 aromatic heterocycles. The predicted molar refractivity (Wildman–Crippen MR) is 82.0 cm³/mol. The average molecular weight is 414 g/mol. The topological polar surface area (TPSA) is 12.0 Å². The summed E-state index contributed by atoms with van der Waals surface area (Å²) >= 11 is 14.3. The molecular formula is C12H9Br2ClFNS. The highest BCUT2D eigenvalue weighted by molar-refractivity contribution is 9.11. The van der Waals surface area contributed by atoms with E-state index in [1.54, 1.807) is 19.2 Å². The Hall–Kier alpha value is 0.0600. The molecule has 2 aromatic rings. The lowest BCUT2D eigenvalue weighted by atomic mass is 10.1. The number of hydrogen-bond donors (Lipinski definition) is 1. The van der Waals surface area contributed by atoms with Gasteiger partial charge in [-0.1, -0.05) is 27.5 Å². The number of hydrogen-bond acceptors (Lipinski definition) is 2. The highest BCUT2D eigenvalue weighted by Gasteiger charge is 2.19. The van der Waals surface area contributed by atoms with Crippen LogP contribution in [-0.2, 0) is 0 Å². The second-order valence-corrected chi connectivity index (χ2v) is 7.38. The molecule has 0 amide bonds. The van der Waals surface area contributed by atoms with Gasteiger partial charge in [-0.2, -0.15) is 0 Å². The van der Waals surface area contributed by atoms with E-state index in [0.717, 1.165) is 13.1 Å². The van der Waals surface area contributed by atoms with Crippen molar-refractivity contribution >= 4 is 54.8 Å². The lowest BCUT2D eigenvalue weighted by Gasteiger charge is -2.16. The number of halogens is 4. The van der Waals surface area contributed by atoms with Crippen molar-refractivity contribution in [1.82, 2.24) is 5.32 Å². The predicted octanol–water partition coefficient (Wildman–Crippen LogP) is 5.37. The van der Waals surface area contributed by atoms with Crippen LogP contribution in [0.25, 0.3) is 0 Å². The molecule has 0 fully saturated rings. The SMILES string of the molecule is CNC(c1cc(Cl)c(Br)s1)c1cc(Br)ccc1F. The molecular weight excluding hydrogens is 404 g/mol. The summed E-state index contributed by atoms with van der Waals surface area (Å²) in [7, 11) is 1.80. The Bertz CT molecular complexity index is 554. The first-order valence-corrected chi connectivity index (χ1v) is 7.88. The Kier molecular flexibility index (Phi) is 4.83. The second kappa shape index (κ2) is 6.01.